The van der Waals surface area contributed by atoms with Crippen molar-refractivity contribution in [2.45, 2.75) is 48.5 Å². The summed E-state index contributed by atoms with van der Waals surface area (Å²) in [5, 5.41) is 5.67. The summed E-state index contributed by atoms with van der Waals surface area (Å²) in [7, 11) is -6.51. The van der Waals surface area contributed by atoms with Crippen molar-refractivity contribution in [2.75, 3.05) is 37.7 Å². The zero-order chi connectivity index (χ0) is 28.2. The average Bonchev–Trinajstić information content (AvgIpc) is 2.89. The number of rotatable bonds is 6. The SMILES string of the molecule is CCN(CC)P1(=O)c2cc(C)cc3c2N2c4c1cc(C)cc4P(C)(=S)c1cc(C)cc(c12)P3(=O)N(CC)CC. The van der Waals surface area contributed by atoms with Gasteiger partial charge in [-0.05, 0) is 80.5 Å². The second-order valence-corrected chi connectivity index (χ2v) is 21.5. The Hall–Kier alpha value is -1.51. The van der Waals surface area contributed by atoms with Crippen molar-refractivity contribution >= 4 is 81.3 Å². The van der Waals surface area contributed by atoms with E-state index in [2.05, 4.69) is 98.8 Å². The van der Waals surface area contributed by atoms with Crippen molar-refractivity contribution in [3.8, 4) is 0 Å². The highest BCUT2D eigenvalue weighted by atomic mass is 32.4. The summed E-state index contributed by atoms with van der Waals surface area (Å²) in [4.78, 5) is 2.33. The zero-order valence-electron chi connectivity index (χ0n) is 24.2. The molecule has 0 saturated carbocycles. The smallest absolute Gasteiger partial charge is 0.211 e. The normalized spacial score (nSPS) is 25.8. The molecule has 0 saturated heterocycles. The maximum Gasteiger partial charge on any atom is 0.211 e. The molecule has 3 aromatic rings. The van der Waals surface area contributed by atoms with Gasteiger partial charge in [0.2, 0.25) is 14.6 Å². The van der Waals surface area contributed by atoms with E-state index in [0.717, 1.165) is 65.6 Å². The Balaban J connectivity index is 1.92. The summed E-state index contributed by atoms with van der Waals surface area (Å²) in [5.41, 5.74) is 6.02. The fourth-order valence-electron chi connectivity index (χ4n) is 7.06. The van der Waals surface area contributed by atoms with E-state index < -0.39 is 20.6 Å². The molecule has 2 atom stereocenters. The third-order valence-electron chi connectivity index (χ3n) is 8.80. The van der Waals surface area contributed by atoms with Crippen LogP contribution in [0.25, 0.3) is 0 Å². The maximum atomic E-state index is 15.8. The largest absolute Gasteiger partial charge is 0.306 e. The molecule has 0 amide bonds. The molecule has 3 aromatic carbocycles. The lowest BCUT2D eigenvalue weighted by molar-refractivity contribution is 0.457. The Kier molecular flexibility index (Phi) is 6.38. The summed E-state index contributed by atoms with van der Waals surface area (Å²) < 4.78 is 35.9. The quantitative estimate of drug-likeness (QED) is 0.363. The lowest BCUT2D eigenvalue weighted by Gasteiger charge is -2.52. The zero-order valence-corrected chi connectivity index (χ0v) is 27.7. The van der Waals surface area contributed by atoms with Crippen LogP contribution < -0.4 is 36.7 Å². The number of nitrogens with zero attached hydrogens (tertiary/aromatic N) is 3. The van der Waals surface area contributed by atoms with Gasteiger partial charge in [0.1, 0.15) is 0 Å². The molecule has 3 aliphatic rings. The van der Waals surface area contributed by atoms with Gasteiger partial charge in [0.15, 0.2) is 0 Å². The summed E-state index contributed by atoms with van der Waals surface area (Å²) in [6, 6.07) is 10.7. The van der Waals surface area contributed by atoms with Gasteiger partial charge in [-0.25, -0.2) is 9.34 Å². The van der Waals surface area contributed by atoms with Crippen molar-refractivity contribution in [1.82, 2.24) is 9.34 Å². The van der Waals surface area contributed by atoms with Gasteiger partial charge in [-0.15, -0.1) is 0 Å². The van der Waals surface area contributed by atoms with Crippen molar-refractivity contribution < 1.29 is 9.13 Å². The van der Waals surface area contributed by atoms with Gasteiger partial charge in [0, 0.05) is 42.8 Å². The third-order valence-corrected chi connectivity index (χ3v) is 19.2. The lowest BCUT2D eigenvalue weighted by Crippen LogP contribution is -2.53. The van der Waals surface area contributed by atoms with Crippen LogP contribution in [-0.4, -0.2) is 42.2 Å². The molecule has 3 heterocycles. The highest BCUT2D eigenvalue weighted by Gasteiger charge is 2.55. The van der Waals surface area contributed by atoms with Crippen LogP contribution in [0.2, 0.25) is 0 Å². The van der Waals surface area contributed by atoms with E-state index >= 15 is 9.13 Å². The lowest BCUT2D eigenvalue weighted by atomic mass is 10.1. The van der Waals surface area contributed by atoms with Crippen LogP contribution in [-0.2, 0) is 20.9 Å². The molecular weight excluding hydrogens is 559 g/mol. The van der Waals surface area contributed by atoms with E-state index in [0.29, 0.717) is 26.2 Å². The topological polar surface area (TPSA) is 43.9 Å². The van der Waals surface area contributed by atoms with Crippen molar-refractivity contribution in [3.05, 3.63) is 53.1 Å². The second kappa shape index (κ2) is 8.99. The van der Waals surface area contributed by atoms with Crippen LogP contribution in [0.5, 0.6) is 0 Å². The summed E-state index contributed by atoms with van der Waals surface area (Å²) in [6.07, 6.45) is 0. The summed E-state index contributed by atoms with van der Waals surface area (Å²) >= 11 is 6.58. The maximum absolute atomic E-state index is 15.8. The molecule has 9 heteroatoms. The molecule has 5 nitrogen and oxygen atoms in total. The number of hydrogen-bond donors (Lipinski definition) is 0. The molecule has 0 fully saturated rings. The molecule has 0 spiro atoms. The predicted molar refractivity (Wildman–Crippen MR) is 174 cm³/mol. The van der Waals surface area contributed by atoms with E-state index in [1.165, 1.54) is 0 Å². The molecule has 39 heavy (non-hydrogen) atoms. The van der Waals surface area contributed by atoms with Crippen molar-refractivity contribution in [3.63, 3.8) is 0 Å². The first kappa shape index (κ1) is 27.6. The van der Waals surface area contributed by atoms with Gasteiger partial charge in [0.05, 0.1) is 38.3 Å². The molecule has 206 valence electrons. The van der Waals surface area contributed by atoms with E-state index in [4.69, 9.17) is 11.8 Å². The highest BCUT2D eigenvalue weighted by Crippen LogP contribution is 2.66. The number of hydrogen-bond acceptors (Lipinski definition) is 4. The fourth-order valence-corrected chi connectivity index (χ4v) is 17.4. The Labute approximate surface area is 238 Å². The molecule has 0 bridgehead atoms. The third kappa shape index (κ3) is 3.31. The van der Waals surface area contributed by atoms with Crippen LogP contribution in [0, 0.1) is 20.8 Å². The minimum Gasteiger partial charge on any atom is -0.306 e. The predicted octanol–water partition coefficient (Wildman–Crippen LogP) is 5.22. The molecule has 0 aromatic heterocycles. The Bertz CT molecular complexity index is 1610. The number of aryl methyl sites for hydroxylation is 3. The first-order valence-electron chi connectivity index (χ1n) is 14.0. The average molecular weight is 598 g/mol. The first-order chi connectivity index (χ1) is 18.4. The van der Waals surface area contributed by atoms with Crippen LogP contribution in [0.1, 0.15) is 44.4 Å². The van der Waals surface area contributed by atoms with Crippen molar-refractivity contribution in [1.29, 1.82) is 0 Å². The first-order valence-corrected chi connectivity index (χ1v) is 20.5. The van der Waals surface area contributed by atoms with Gasteiger partial charge in [0.25, 0.3) is 0 Å². The van der Waals surface area contributed by atoms with Gasteiger partial charge in [-0.2, -0.15) is 0 Å². The minimum absolute atomic E-state index is 0.661. The molecular formula is C30H38N3O2P3S. The van der Waals surface area contributed by atoms with Crippen LogP contribution in [0.4, 0.5) is 17.1 Å². The van der Waals surface area contributed by atoms with Crippen LogP contribution in [0.3, 0.4) is 0 Å². The standard InChI is InChI=1S/C30H38N3O2P3S/c1-9-31(10-2)37(34)24-15-19(5)13-22-28(24)33-29-23(36(22,8)39)14-20(6)16-25(29)38(35,32(11-3)12-4)27-18-21(7)17-26(37)30(27)33/h13-18H,9-12H2,1-8H3. The summed E-state index contributed by atoms with van der Waals surface area (Å²) in [5.74, 6) is 0. The van der Waals surface area contributed by atoms with E-state index in [1.807, 2.05) is 6.92 Å². The van der Waals surface area contributed by atoms with Crippen molar-refractivity contribution in [2.24, 2.45) is 0 Å². The molecule has 0 N–H and O–H groups in total. The Morgan fingerprint density at radius 3 is 1.13 bits per heavy atom. The van der Waals surface area contributed by atoms with Gasteiger partial charge in [-0.3, -0.25) is 9.13 Å². The Morgan fingerprint density at radius 2 is 0.846 bits per heavy atom. The molecule has 0 radical (unpaired) electrons. The molecule has 0 aliphatic carbocycles. The Morgan fingerprint density at radius 1 is 0.590 bits per heavy atom. The monoisotopic (exact) mass is 597 g/mol. The molecule has 3 aliphatic heterocycles. The number of benzene rings is 3. The highest BCUT2D eigenvalue weighted by molar-refractivity contribution is 8.22. The molecule has 2 unspecified atom stereocenters. The van der Waals surface area contributed by atoms with Crippen LogP contribution >= 0.6 is 20.6 Å². The van der Waals surface area contributed by atoms with Gasteiger partial charge < -0.3 is 4.90 Å². The van der Waals surface area contributed by atoms with E-state index in [-0.39, 0.29) is 0 Å². The minimum atomic E-state index is -3.26. The second-order valence-electron chi connectivity index (χ2n) is 11.1. The molecule has 6 rings (SSSR count). The van der Waals surface area contributed by atoms with E-state index in [1.54, 1.807) is 0 Å². The van der Waals surface area contributed by atoms with E-state index in [9.17, 15) is 0 Å². The summed E-state index contributed by atoms with van der Waals surface area (Å²) in [6.45, 7) is 19.4. The van der Waals surface area contributed by atoms with Gasteiger partial charge >= 0.3 is 0 Å². The van der Waals surface area contributed by atoms with Crippen LogP contribution in [0.15, 0.2) is 36.4 Å². The number of anilines is 3. The fraction of sp³-hybridized carbons (Fsp3) is 0.400. The van der Waals surface area contributed by atoms with Gasteiger partial charge in [-0.1, -0.05) is 39.5 Å².